The van der Waals surface area contributed by atoms with Crippen LogP contribution >= 0.6 is 0 Å². The third kappa shape index (κ3) is 6.58. The van der Waals surface area contributed by atoms with E-state index in [4.69, 9.17) is 23.7 Å². The Hall–Kier alpha value is -5.06. The fourth-order valence-corrected chi connectivity index (χ4v) is 7.79. The maximum atomic E-state index is 14.0. The number of methoxy groups -OCH3 is 1. The van der Waals surface area contributed by atoms with E-state index in [-0.39, 0.29) is 50.3 Å². The van der Waals surface area contributed by atoms with E-state index < -0.39 is 126 Å². The van der Waals surface area contributed by atoms with Crippen LogP contribution in [0.3, 0.4) is 0 Å². The predicted molar refractivity (Wildman–Crippen MR) is 192 cm³/mol. The van der Waals surface area contributed by atoms with Crippen molar-refractivity contribution in [2.45, 2.75) is 94.3 Å². The second kappa shape index (κ2) is 15.3. The quantitative estimate of drug-likeness (QED) is 0.107. The van der Waals surface area contributed by atoms with Crippen molar-refractivity contribution in [3.05, 3.63) is 74.8 Å². The Morgan fingerprint density at radius 3 is 2.17 bits per heavy atom. The Balaban J connectivity index is 1.35. The summed E-state index contributed by atoms with van der Waals surface area (Å²) in [6.07, 6.45) is -18.2. The van der Waals surface area contributed by atoms with Gasteiger partial charge in [0.2, 0.25) is 0 Å². The molecule has 2 saturated heterocycles. The molecule has 3 aromatic carbocycles. The molecule has 0 unspecified atom stereocenters. The normalized spacial score (nSPS) is 30.7. The fourth-order valence-electron chi connectivity index (χ4n) is 7.79. The molecule has 19 nitrogen and oxygen atoms in total. The number of aromatic hydroxyl groups is 2. The van der Waals surface area contributed by atoms with Crippen LogP contribution in [-0.4, -0.2) is 144 Å². The second-order valence-electron chi connectivity index (χ2n) is 14.6. The summed E-state index contributed by atoms with van der Waals surface area (Å²) in [4.78, 5) is 53.0. The van der Waals surface area contributed by atoms with E-state index in [0.717, 1.165) is 6.07 Å². The van der Waals surface area contributed by atoms with Crippen LogP contribution in [0.4, 0.5) is 0 Å². The summed E-state index contributed by atoms with van der Waals surface area (Å²) in [6, 6.07) is 5.13. The Labute approximate surface area is 328 Å². The summed E-state index contributed by atoms with van der Waals surface area (Å²) < 4.78 is 28.2. The molecular formula is C39H41NO18. The minimum Gasteiger partial charge on any atom is -0.506 e. The number of hydrogen-bond donors (Lipinski definition) is 10. The summed E-state index contributed by atoms with van der Waals surface area (Å²) >= 11 is 0. The Bertz CT molecular complexity index is 2210. The highest BCUT2D eigenvalue weighted by Crippen LogP contribution is 2.56. The molecule has 3 aromatic rings. The van der Waals surface area contributed by atoms with Crippen molar-refractivity contribution >= 4 is 23.4 Å². The minimum absolute atomic E-state index is 0.0274. The minimum atomic E-state index is -1.93. The Kier molecular flexibility index (Phi) is 10.8. The lowest BCUT2D eigenvalue weighted by atomic mass is 9.74. The molecule has 0 spiro atoms. The van der Waals surface area contributed by atoms with E-state index >= 15 is 0 Å². The van der Waals surface area contributed by atoms with Gasteiger partial charge in [0.05, 0.1) is 30.9 Å². The topological polar surface area (TPSA) is 309 Å². The molecule has 2 aliphatic carbocycles. The highest BCUT2D eigenvalue weighted by Gasteiger charge is 2.51. The highest BCUT2D eigenvalue weighted by atomic mass is 16.7. The van der Waals surface area contributed by atoms with E-state index in [0.29, 0.717) is 0 Å². The highest BCUT2D eigenvalue weighted by molar-refractivity contribution is 6.30. The molecule has 58 heavy (non-hydrogen) atoms. The first-order valence-corrected chi connectivity index (χ1v) is 18.1. The molecule has 2 heterocycles. The van der Waals surface area contributed by atoms with Crippen molar-refractivity contribution in [2.24, 2.45) is 0 Å². The number of carbonyl (C=O) groups excluding carboxylic acids is 3. The molecule has 0 radical (unpaired) electrons. The molecule has 310 valence electrons. The number of benzene rings is 3. The number of ether oxygens (including phenoxy) is 5. The van der Waals surface area contributed by atoms with Gasteiger partial charge < -0.3 is 75.0 Å². The summed E-state index contributed by atoms with van der Waals surface area (Å²) in [5.74, 6) is -5.39. The third-order valence-corrected chi connectivity index (χ3v) is 11.0. The Morgan fingerprint density at radius 2 is 1.50 bits per heavy atom. The van der Waals surface area contributed by atoms with E-state index in [9.17, 15) is 65.1 Å². The number of aliphatic hydroxyl groups is 6. The number of carbonyl (C=O) groups is 4. The average molecular weight is 812 g/mol. The standard InChI is InChI=1S/C39H41NO18/c1-11-7-19-23(30(47)21(11)36(51)40-12(2)37(52)53)22-17(9-18-24(31(22)48)27(44)16-8-14(54-4)5-6-15(16)26(18)43)28(45)34(19)57-39-33(50)35(25(42)13(3)56-39)58-38-32(49)29(46)20(41)10-55-38/h5-9,12-13,20,25,28-29,32-35,38-39,41-42,45-50H,10H2,1-4H3,(H,40,51)(H,52,53)/t12-,13-,20-,25+,28+,29+,32-,33-,34+,35+,38+,39+/m1/s1. The van der Waals surface area contributed by atoms with Gasteiger partial charge in [0.1, 0.15) is 72.1 Å². The monoisotopic (exact) mass is 811 g/mol. The number of carboxylic acids is 1. The SMILES string of the molecule is COc1ccc2c(c1)C(=O)c1c(cc3c(c1O)-c1c(cc(C)c(C(=O)N[C@H](C)C(=O)O)c1O)[C@H](O[C@@H]1O[C@H](C)[C@H](O)[C@H](O[C@@H]4OC[C@@H](O)[C@H](O)[C@H]4O)[C@H]1O)[C@H]3O)C2=O. The first kappa shape index (κ1) is 41.1. The number of aliphatic hydroxyl groups excluding tert-OH is 6. The van der Waals surface area contributed by atoms with E-state index in [1.165, 1.54) is 52.1 Å². The van der Waals surface area contributed by atoms with Gasteiger partial charge >= 0.3 is 5.97 Å². The number of carboxylic acid groups (broad SMARTS) is 1. The van der Waals surface area contributed by atoms with Crippen molar-refractivity contribution in [2.75, 3.05) is 13.7 Å². The zero-order valence-electron chi connectivity index (χ0n) is 31.2. The van der Waals surface area contributed by atoms with Crippen molar-refractivity contribution in [1.29, 1.82) is 0 Å². The Morgan fingerprint density at radius 1 is 0.810 bits per heavy atom. The summed E-state index contributed by atoms with van der Waals surface area (Å²) in [5, 5.41) is 101. The second-order valence-corrected chi connectivity index (χ2v) is 14.6. The van der Waals surface area contributed by atoms with Crippen molar-refractivity contribution < 1.29 is 88.8 Å². The number of ketones is 2. The van der Waals surface area contributed by atoms with Crippen LogP contribution in [0, 0.1) is 6.92 Å². The lowest BCUT2D eigenvalue weighted by molar-refractivity contribution is -0.353. The zero-order chi connectivity index (χ0) is 42.2. The number of hydrogen-bond acceptors (Lipinski definition) is 17. The number of aryl methyl sites for hydroxylation is 1. The molecule has 1 amide bonds. The van der Waals surface area contributed by atoms with Gasteiger partial charge in [-0.15, -0.1) is 0 Å². The molecule has 7 rings (SSSR count). The average Bonchev–Trinajstić information content (AvgIpc) is 3.18. The molecule has 2 fully saturated rings. The van der Waals surface area contributed by atoms with Crippen LogP contribution in [0.1, 0.15) is 84.9 Å². The number of phenolic OH excluding ortho intramolecular Hbond substituents is 2. The van der Waals surface area contributed by atoms with E-state index in [1.807, 2.05) is 0 Å². The van der Waals surface area contributed by atoms with Gasteiger partial charge in [-0.2, -0.15) is 0 Å². The van der Waals surface area contributed by atoms with Crippen molar-refractivity contribution in [1.82, 2.24) is 5.32 Å². The van der Waals surface area contributed by atoms with Crippen LogP contribution in [0.15, 0.2) is 30.3 Å². The van der Waals surface area contributed by atoms with Gasteiger partial charge in [-0.3, -0.25) is 19.2 Å². The fraction of sp³-hybridized carbons (Fsp3) is 0.436. The maximum Gasteiger partial charge on any atom is 0.325 e. The van der Waals surface area contributed by atoms with Crippen molar-refractivity contribution in [3.8, 4) is 28.4 Å². The van der Waals surface area contributed by atoms with Gasteiger partial charge in [0.25, 0.3) is 5.91 Å². The number of rotatable bonds is 8. The summed E-state index contributed by atoms with van der Waals surface area (Å²) in [5.41, 5.74) is -2.48. The van der Waals surface area contributed by atoms with Crippen LogP contribution < -0.4 is 10.1 Å². The number of phenols is 2. The van der Waals surface area contributed by atoms with E-state index in [1.54, 1.807) is 0 Å². The van der Waals surface area contributed by atoms with Crippen LogP contribution in [0.2, 0.25) is 0 Å². The molecule has 0 aromatic heterocycles. The van der Waals surface area contributed by atoms with Crippen LogP contribution in [0.5, 0.6) is 17.2 Å². The number of fused-ring (bicyclic) bond motifs is 5. The number of aliphatic carboxylic acids is 1. The molecule has 0 saturated carbocycles. The van der Waals surface area contributed by atoms with Gasteiger partial charge in [-0.1, -0.05) is 6.07 Å². The van der Waals surface area contributed by atoms with Gasteiger partial charge in [-0.05, 0) is 61.7 Å². The molecule has 0 bridgehead atoms. The first-order chi connectivity index (χ1) is 27.4. The lowest BCUT2D eigenvalue weighted by Gasteiger charge is -2.45. The maximum absolute atomic E-state index is 14.0. The molecule has 19 heteroatoms. The molecule has 10 N–H and O–H groups in total. The number of nitrogens with one attached hydrogen (secondary N) is 1. The molecule has 4 aliphatic rings. The summed E-state index contributed by atoms with van der Waals surface area (Å²) in [6.45, 7) is 3.50. The molecule has 2 aliphatic heterocycles. The largest absolute Gasteiger partial charge is 0.506 e. The smallest absolute Gasteiger partial charge is 0.325 e. The van der Waals surface area contributed by atoms with Gasteiger partial charge in [-0.25, -0.2) is 0 Å². The van der Waals surface area contributed by atoms with Crippen LogP contribution in [0.25, 0.3) is 11.1 Å². The van der Waals surface area contributed by atoms with E-state index in [2.05, 4.69) is 5.32 Å². The predicted octanol–water partition coefficient (Wildman–Crippen LogP) is -0.544. The van der Waals surface area contributed by atoms with Crippen LogP contribution in [-0.2, 0) is 23.7 Å². The zero-order valence-corrected chi connectivity index (χ0v) is 31.2. The molecule has 12 atom stereocenters. The number of amides is 1. The van der Waals surface area contributed by atoms with Crippen molar-refractivity contribution in [3.63, 3.8) is 0 Å². The lowest BCUT2D eigenvalue weighted by Crippen LogP contribution is -2.62. The first-order valence-electron chi connectivity index (χ1n) is 18.1. The van der Waals surface area contributed by atoms with Gasteiger partial charge in [0.15, 0.2) is 24.1 Å². The molecular weight excluding hydrogens is 770 g/mol. The summed E-state index contributed by atoms with van der Waals surface area (Å²) in [7, 11) is 1.35. The van der Waals surface area contributed by atoms with Gasteiger partial charge in [0, 0.05) is 27.8 Å². The third-order valence-electron chi connectivity index (χ3n) is 11.0.